The molecule has 0 bridgehead atoms. The highest BCUT2D eigenvalue weighted by molar-refractivity contribution is 5.90. The van der Waals surface area contributed by atoms with E-state index in [0.717, 1.165) is 0 Å². The van der Waals surface area contributed by atoms with Crippen LogP contribution in [0.4, 0.5) is 5.95 Å². The summed E-state index contributed by atoms with van der Waals surface area (Å²) in [4.78, 5) is 19.7. The molecule has 0 radical (unpaired) electrons. The van der Waals surface area contributed by atoms with Crippen LogP contribution >= 0.6 is 0 Å². The molecule has 0 aliphatic carbocycles. The number of nitrogens with two attached hydrogens (primary N) is 1. The Kier molecular flexibility index (Phi) is 3.99. The van der Waals surface area contributed by atoms with Crippen molar-refractivity contribution in [1.29, 1.82) is 0 Å². The van der Waals surface area contributed by atoms with Gasteiger partial charge >= 0.3 is 5.95 Å². The van der Waals surface area contributed by atoms with E-state index < -0.39 is 5.91 Å². The lowest BCUT2D eigenvalue weighted by molar-refractivity contribution is -0.368. The molecule has 3 N–H and O–H groups in total. The number of methoxy groups -OCH3 is 1. The predicted octanol–water partition coefficient (Wildman–Crippen LogP) is -0.923. The van der Waals surface area contributed by atoms with Crippen molar-refractivity contribution < 1.29 is 14.5 Å². The van der Waals surface area contributed by atoms with E-state index in [2.05, 4.69) is 9.97 Å². The summed E-state index contributed by atoms with van der Waals surface area (Å²) in [5.41, 5.74) is 5.37. The SMILES string of the molecule is COCCN(C)c1nc(C(N)=O)cc[nH+]1. The molecule has 0 saturated carbocycles. The molecule has 0 aromatic carbocycles. The van der Waals surface area contributed by atoms with Gasteiger partial charge in [0.15, 0.2) is 0 Å². The minimum absolute atomic E-state index is 0.244. The highest BCUT2D eigenvalue weighted by Crippen LogP contribution is 2.00. The zero-order valence-corrected chi connectivity index (χ0v) is 8.86. The summed E-state index contributed by atoms with van der Waals surface area (Å²) >= 11 is 0. The highest BCUT2D eigenvalue weighted by Gasteiger charge is 2.15. The van der Waals surface area contributed by atoms with Crippen LogP contribution in [0.2, 0.25) is 0 Å². The Hall–Kier alpha value is -1.69. The van der Waals surface area contributed by atoms with Gasteiger partial charge in [0, 0.05) is 13.2 Å². The monoisotopic (exact) mass is 211 g/mol. The number of nitrogens with one attached hydrogen (secondary N) is 1. The van der Waals surface area contributed by atoms with E-state index in [9.17, 15) is 4.79 Å². The van der Waals surface area contributed by atoms with E-state index >= 15 is 0 Å². The number of anilines is 1. The van der Waals surface area contributed by atoms with Crippen LogP contribution in [0, 0.1) is 0 Å². The molecule has 6 heteroatoms. The number of carbonyl (C=O) groups is 1. The second-order valence-electron chi connectivity index (χ2n) is 3.08. The van der Waals surface area contributed by atoms with Gasteiger partial charge in [-0.15, -0.1) is 0 Å². The van der Waals surface area contributed by atoms with E-state index in [1.54, 1.807) is 13.3 Å². The van der Waals surface area contributed by atoms with Gasteiger partial charge in [-0.25, -0.2) is 4.98 Å². The molecule has 0 atom stereocenters. The fourth-order valence-corrected chi connectivity index (χ4v) is 1.05. The number of amides is 1. The third-order valence-electron chi connectivity index (χ3n) is 1.92. The molecule has 0 aliphatic heterocycles. The summed E-state index contributed by atoms with van der Waals surface area (Å²) in [6, 6.07) is 1.54. The molecule has 0 spiro atoms. The van der Waals surface area contributed by atoms with Gasteiger partial charge in [0.2, 0.25) is 5.69 Å². The molecule has 1 aromatic heterocycles. The second kappa shape index (κ2) is 5.26. The minimum Gasteiger partial charge on any atom is -0.381 e. The molecule has 1 rings (SSSR count). The van der Waals surface area contributed by atoms with Gasteiger partial charge in [-0.3, -0.25) is 9.69 Å². The fourth-order valence-electron chi connectivity index (χ4n) is 1.05. The Morgan fingerprint density at radius 2 is 2.47 bits per heavy atom. The summed E-state index contributed by atoms with van der Waals surface area (Å²) < 4.78 is 4.94. The molecular weight excluding hydrogens is 196 g/mol. The van der Waals surface area contributed by atoms with Crippen LogP contribution in [-0.4, -0.2) is 38.2 Å². The third-order valence-corrected chi connectivity index (χ3v) is 1.92. The minimum atomic E-state index is -0.537. The number of nitrogens with zero attached hydrogens (tertiary/aromatic N) is 2. The molecule has 0 aliphatic rings. The molecule has 1 amide bonds. The Morgan fingerprint density at radius 1 is 1.73 bits per heavy atom. The topological polar surface area (TPSA) is 82.6 Å². The van der Waals surface area contributed by atoms with Crippen molar-refractivity contribution in [3.05, 3.63) is 18.0 Å². The summed E-state index contributed by atoms with van der Waals surface area (Å²) in [5, 5.41) is 0. The molecule has 0 saturated heterocycles. The van der Waals surface area contributed by atoms with Crippen LogP contribution < -0.4 is 15.6 Å². The number of aromatic amines is 1. The number of hydrogen-bond donors (Lipinski definition) is 1. The molecule has 6 nitrogen and oxygen atoms in total. The summed E-state index contributed by atoms with van der Waals surface area (Å²) in [6.45, 7) is 1.27. The Bertz CT molecular complexity index is 343. The molecule has 1 aromatic rings. The smallest absolute Gasteiger partial charge is 0.381 e. The Morgan fingerprint density at radius 3 is 3.07 bits per heavy atom. The van der Waals surface area contributed by atoms with Gasteiger partial charge in [-0.1, -0.05) is 4.98 Å². The standard InChI is InChI=1S/C9H14N4O2/c1-13(5-6-15-2)9-11-4-3-7(12-9)8(10)14/h3-4H,5-6H2,1-2H3,(H2,10,14)/p+1. The van der Waals surface area contributed by atoms with Crippen LogP contribution in [0.1, 0.15) is 10.5 Å². The van der Waals surface area contributed by atoms with Crippen LogP contribution in [0.5, 0.6) is 0 Å². The molecule has 0 unspecified atom stereocenters. The van der Waals surface area contributed by atoms with Crippen molar-refractivity contribution in [2.75, 3.05) is 32.2 Å². The van der Waals surface area contributed by atoms with Gasteiger partial charge in [-0.2, -0.15) is 0 Å². The van der Waals surface area contributed by atoms with Crippen molar-refractivity contribution in [1.82, 2.24) is 4.98 Å². The van der Waals surface area contributed by atoms with E-state index in [4.69, 9.17) is 10.5 Å². The van der Waals surface area contributed by atoms with Gasteiger partial charge in [0.05, 0.1) is 26.4 Å². The van der Waals surface area contributed by atoms with Crippen molar-refractivity contribution in [2.24, 2.45) is 5.73 Å². The number of primary amides is 1. The Balaban J connectivity index is 2.76. The van der Waals surface area contributed by atoms with Crippen molar-refractivity contribution in [2.45, 2.75) is 0 Å². The molecular formula is C9H15N4O2+. The van der Waals surface area contributed by atoms with Crippen molar-refractivity contribution >= 4 is 11.9 Å². The number of H-pyrrole nitrogens is 1. The maximum Gasteiger partial charge on any atom is 0.392 e. The van der Waals surface area contributed by atoms with E-state index in [0.29, 0.717) is 19.1 Å². The van der Waals surface area contributed by atoms with E-state index in [1.165, 1.54) is 6.07 Å². The maximum absolute atomic E-state index is 10.9. The quantitative estimate of drug-likeness (QED) is 0.682. The van der Waals surface area contributed by atoms with Crippen molar-refractivity contribution in [3.63, 3.8) is 0 Å². The first-order valence-electron chi connectivity index (χ1n) is 4.53. The lowest BCUT2D eigenvalue weighted by atomic mass is 10.4. The number of ether oxygens (including phenoxy) is 1. The predicted molar refractivity (Wildman–Crippen MR) is 54.5 cm³/mol. The van der Waals surface area contributed by atoms with Crippen LogP contribution in [0.3, 0.4) is 0 Å². The van der Waals surface area contributed by atoms with Crippen LogP contribution in [0.25, 0.3) is 0 Å². The Labute approximate surface area is 88.1 Å². The summed E-state index contributed by atoms with van der Waals surface area (Å²) in [6.07, 6.45) is 1.63. The number of rotatable bonds is 5. The first-order valence-corrected chi connectivity index (χ1v) is 4.53. The van der Waals surface area contributed by atoms with Gasteiger partial charge in [0.1, 0.15) is 0 Å². The molecule has 15 heavy (non-hydrogen) atoms. The fraction of sp³-hybridized carbons (Fsp3) is 0.444. The number of hydrogen-bond acceptors (Lipinski definition) is 4. The number of aromatic nitrogens is 2. The normalized spacial score (nSPS) is 10.0. The molecule has 0 fully saturated rings. The summed E-state index contributed by atoms with van der Waals surface area (Å²) in [7, 11) is 3.48. The molecule has 1 heterocycles. The number of likely N-dealkylation sites (N-methyl/N-ethyl adjacent to an activating group) is 1. The van der Waals surface area contributed by atoms with Crippen LogP contribution in [0.15, 0.2) is 12.3 Å². The first kappa shape index (κ1) is 11.4. The lowest BCUT2D eigenvalue weighted by Crippen LogP contribution is -2.30. The zero-order chi connectivity index (χ0) is 11.3. The lowest BCUT2D eigenvalue weighted by Gasteiger charge is -2.08. The maximum atomic E-state index is 10.9. The largest absolute Gasteiger partial charge is 0.392 e. The van der Waals surface area contributed by atoms with Gasteiger partial charge in [-0.05, 0) is 0 Å². The average Bonchev–Trinajstić information content (AvgIpc) is 2.26. The molecule has 82 valence electrons. The van der Waals surface area contributed by atoms with Gasteiger partial charge < -0.3 is 10.5 Å². The highest BCUT2D eigenvalue weighted by atomic mass is 16.5. The van der Waals surface area contributed by atoms with E-state index in [1.807, 2.05) is 11.9 Å². The van der Waals surface area contributed by atoms with Gasteiger partial charge in [0.25, 0.3) is 5.91 Å². The van der Waals surface area contributed by atoms with Crippen molar-refractivity contribution in [3.8, 4) is 0 Å². The zero-order valence-electron chi connectivity index (χ0n) is 8.86. The first-order chi connectivity index (χ1) is 7.15. The number of carbonyl (C=O) groups excluding carboxylic acids is 1. The van der Waals surface area contributed by atoms with E-state index in [-0.39, 0.29) is 5.69 Å². The second-order valence-corrected chi connectivity index (χ2v) is 3.08. The van der Waals surface area contributed by atoms with Crippen LogP contribution in [-0.2, 0) is 4.74 Å². The summed E-state index contributed by atoms with van der Waals surface area (Å²) in [5.74, 6) is 0.0498. The third kappa shape index (κ3) is 3.17. The average molecular weight is 211 g/mol.